The summed E-state index contributed by atoms with van der Waals surface area (Å²) in [5.74, 6) is -0.225. The fourth-order valence-corrected chi connectivity index (χ4v) is 3.30. The monoisotopic (exact) mass is 347 g/mol. The topological polar surface area (TPSA) is 66.8 Å². The van der Waals surface area contributed by atoms with Gasteiger partial charge in [0, 0.05) is 26.1 Å². The van der Waals surface area contributed by atoms with E-state index < -0.39 is 5.97 Å². The minimum absolute atomic E-state index is 0.205. The average molecular weight is 347 g/mol. The predicted octanol–water partition coefficient (Wildman–Crippen LogP) is 3.37. The molecule has 1 N–H and O–H groups in total. The van der Waals surface area contributed by atoms with Crippen molar-refractivity contribution in [1.29, 1.82) is 0 Å². The van der Waals surface area contributed by atoms with Crippen molar-refractivity contribution in [2.75, 3.05) is 19.7 Å². The molecular weight excluding hydrogens is 318 g/mol. The Morgan fingerprint density at radius 2 is 1.92 bits per heavy atom. The lowest BCUT2D eigenvalue weighted by Crippen LogP contribution is -2.39. The number of aromatic carboxylic acids is 1. The zero-order chi connectivity index (χ0) is 18.2. The Bertz CT molecular complexity index is 577. The van der Waals surface area contributed by atoms with Gasteiger partial charge in [0.2, 0.25) is 5.91 Å². The van der Waals surface area contributed by atoms with Crippen LogP contribution in [-0.4, -0.2) is 47.7 Å². The van der Waals surface area contributed by atoms with Gasteiger partial charge in [0.1, 0.15) is 0 Å². The highest BCUT2D eigenvalue weighted by Crippen LogP contribution is 2.24. The van der Waals surface area contributed by atoms with Gasteiger partial charge in [-0.05, 0) is 57.1 Å². The number of carboxylic acid groups (broad SMARTS) is 1. The molecule has 0 spiro atoms. The van der Waals surface area contributed by atoms with Gasteiger partial charge < -0.3 is 14.7 Å². The van der Waals surface area contributed by atoms with E-state index in [1.54, 1.807) is 12.1 Å². The molecule has 0 unspecified atom stereocenters. The third-order valence-corrected chi connectivity index (χ3v) is 4.71. The fourth-order valence-electron chi connectivity index (χ4n) is 3.30. The summed E-state index contributed by atoms with van der Waals surface area (Å²) in [6.45, 7) is 6.16. The average Bonchev–Trinajstić information content (AvgIpc) is 2.59. The molecule has 1 saturated heterocycles. The summed E-state index contributed by atoms with van der Waals surface area (Å²) in [5, 5.41) is 9.28. The predicted molar refractivity (Wildman–Crippen MR) is 96.7 cm³/mol. The van der Waals surface area contributed by atoms with Crippen LogP contribution in [0.5, 0.6) is 0 Å². The Kier molecular flexibility index (Phi) is 7.44. The molecule has 1 heterocycles. The first-order valence-electron chi connectivity index (χ1n) is 9.18. The highest BCUT2D eigenvalue weighted by atomic mass is 16.5. The first-order chi connectivity index (χ1) is 12.0. The molecule has 0 aromatic heterocycles. The van der Waals surface area contributed by atoms with E-state index in [1.807, 2.05) is 30.9 Å². The molecule has 1 aromatic carbocycles. The maximum absolute atomic E-state index is 12.2. The molecule has 0 aliphatic carbocycles. The number of ether oxygens (including phenoxy) is 1. The molecule has 0 saturated carbocycles. The van der Waals surface area contributed by atoms with Crippen molar-refractivity contribution >= 4 is 11.9 Å². The van der Waals surface area contributed by atoms with Crippen LogP contribution in [0.2, 0.25) is 0 Å². The van der Waals surface area contributed by atoms with Gasteiger partial charge in [-0.3, -0.25) is 4.79 Å². The number of nitrogens with zero attached hydrogens (tertiary/aromatic N) is 1. The van der Waals surface area contributed by atoms with E-state index in [2.05, 4.69) is 0 Å². The number of piperidine rings is 1. The van der Waals surface area contributed by atoms with E-state index in [0.717, 1.165) is 44.3 Å². The van der Waals surface area contributed by atoms with Crippen LogP contribution < -0.4 is 0 Å². The molecule has 1 aliphatic heterocycles. The van der Waals surface area contributed by atoms with Crippen LogP contribution in [0.15, 0.2) is 24.3 Å². The third-order valence-electron chi connectivity index (χ3n) is 4.71. The van der Waals surface area contributed by atoms with Gasteiger partial charge >= 0.3 is 5.97 Å². The van der Waals surface area contributed by atoms with E-state index in [0.29, 0.717) is 24.5 Å². The summed E-state index contributed by atoms with van der Waals surface area (Å²) in [6, 6.07) is 7.21. The SMILES string of the molecule is CC(C)OCCCC(=O)N1CCC(Cc2ccccc2C(=O)O)CC1. The molecule has 5 nitrogen and oxygen atoms in total. The summed E-state index contributed by atoms with van der Waals surface area (Å²) in [4.78, 5) is 25.5. The van der Waals surface area contributed by atoms with Crippen molar-refractivity contribution in [3.8, 4) is 0 Å². The Morgan fingerprint density at radius 3 is 2.56 bits per heavy atom. The van der Waals surface area contributed by atoms with Crippen molar-refractivity contribution < 1.29 is 19.4 Å². The minimum Gasteiger partial charge on any atom is -0.478 e. The van der Waals surface area contributed by atoms with Gasteiger partial charge in [0.25, 0.3) is 0 Å². The summed E-state index contributed by atoms with van der Waals surface area (Å²) in [6.07, 6.45) is 4.15. The molecular formula is C20H29NO4. The molecule has 2 rings (SSSR count). The van der Waals surface area contributed by atoms with Crippen molar-refractivity contribution in [2.45, 2.75) is 52.1 Å². The van der Waals surface area contributed by atoms with Crippen molar-refractivity contribution in [3.63, 3.8) is 0 Å². The highest BCUT2D eigenvalue weighted by Gasteiger charge is 2.23. The second-order valence-electron chi connectivity index (χ2n) is 7.01. The lowest BCUT2D eigenvalue weighted by Gasteiger charge is -2.32. The van der Waals surface area contributed by atoms with Gasteiger partial charge in [-0.25, -0.2) is 4.79 Å². The zero-order valence-electron chi connectivity index (χ0n) is 15.2. The van der Waals surface area contributed by atoms with Gasteiger partial charge in [-0.1, -0.05) is 18.2 Å². The number of carbonyl (C=O) groups is 2. The first kappa shape index (κ1) is 19.4. The minimum atomic E-state index is -0.869. The summed E-state index contributed by atoms with van der Waals surface area (Å²) >= 11 is 0. The molecule has 5 heteroatoms. The summed E-state index contributed by atoms with van der Waals surface area (Å²) < 4.78 is 5.47. The Hall–Kier alpha value is -1.88. The van der Waals surface area contributed by atoms with Crippen LogP contribution in [0.3, 0.4) is 0 Å². The van der Waals surface area contributed by atoms with E-state index >= 15 is 0 Å². The Morgan fingerprint density at radius 1 is 1.24 bits per heavy atom. The smallest absolute Gasteiger partial charge is 0.335 e. The molecule has 138 valence electrons. The first-order valence-corrected chi connectivity index (χ1v) is 9.18. The van der Waals surface area contributed by atoms with Gasteiger partial charge in [0.15, 0.2) is 0 Å². The van der Waals surface area contributed by atoms with Gasteiger partial charge in [-0.15, -0.1) is 0 Å². The van der Waals surface area contributed by atoms with Crippen LogP contribution >= 0.6 is 0 Å². The van der Waals surface area contributed by atoms with E-state index in [4.69, 9.17) is 4.74 Å². The standard InChI is InChI=1S/C20H29NO4/c1-15(2)25-13-5-8-19(22)21-11-9-16(10-12-21)14-17-6-3-4-7-18(17)20(23)24/h3-4,6-7,15-16H,5,8-14H2,1-2H3,(H,23,24). The van der Waals surface area contributed by atoms with E-state index in [-0.39, 0.29) is 12.0 Å². The number of carbonyl (C=O) groups excluding carboxylic acids is 1. The third kappa shape index (κ3) is 6.16. The fraction of sp³-hybridized carbons (Fsp3) is 0.600. The number of hydrogen-bond donors (Lipinski definition) is 1. The maximum Gasteiger partial charge on any atom is 0.335 e. The van der Waals surface area contributed by atoms with Gasteiger partial charge in [-0.2, -0.15) is 0 Å². The number of rotatable bonds is 8. The molecule has 1 aromatic rings. The van der Waals surface area contributed by atoms with Crippen LogP contribution in [0, 0.1) is 5.92 Å². The maximum atomic E-state index is 12.2. The number of carboxylic acids is 1. The molecule has 0 atom stereocenters. The summed E-state index contributed by atoms with van der Waals surface area (Å²) in [7, 11) is 0. The normalized spacial score (nSPS) is 15.6. The van der Waals surface area contributed by atoms with Crippen molar-refractivity contribution in [1.82, 2.24) is 4.90 Å². The lowest BCUT2D eigenvalue weighted by molar-refractivity contribution is -0.133. The highest BCUT2D eigenvalue weighted by molar-refractivity contribution is 5.89. The number of benzene rings is 1. The van der Waals surface area contributed by atoms with Crippen molar-refractivity contribution in [3.05, 3.63) is 35.4 Å². The Balaban J connectivity index is 1.76. The molecule has 1 amide bonds. The molecule has 0 radical (unpaired) electrons. The van der Waals surface area contributed by atoms with E-state index in [1.165, 1.54) is 0 Å². The second-order valence-corrected chi connectivity index (χ2v) is 7.01. The molecule has 1 aliphatic rings. The Labute approximate surface area is 150 Å². The number of likely N-dealkylation sites (tertiary alicyclic amines) is 1. The number of hydrogen-bond acceptors (Lipinski definition) is 3. The van der Waals surface area contributed by atoms with Crippen LogP contribution in [0.4, 0.5) is 0 Å². The van der Waals surface area contributed by atoms with Gasteiger partial charge in [0.05, 0.1) is 11.7 Å². The summed E-state index contributed by atoms with van der Waals surface area (Å²) in [5.41, 5.74) is 1.29. The number of amides is 1. The quantitative estimate of drug-likeness (QED) is 0.732. The van der Waals surface area contributed by atoms with Crippen LogP contribution in [0.1, 0.15) is 55.5 Å². The van der Waals surface area contributed by atoms with Crippen molar-refractivity contribution in [2.24, 2.45) is 5.92 Å². The second kappa shape index (κ2) is 9.56. The largest absolute Gasteiger partial charge is 0.478 e. The van der Waals surface area contributed by atoms with Crippen LogP contribution in [0.25, 0.3) is 0 Å². The molecule has 25 heavy (non-hydrogen) atoms. The zero-order valence-corrected chi connectivity index (χ0v) is 15.2. The lowest BCUT2D eigenvalue weighted by atomic mass is 9.88. The van der Waals surface area contributed by atoms with Crippen LogP contribution in [-0.2, 0) is 16.0 Å². The molecule has 1 fully saturated rings. The molecule has 0 bridgehead atoms. The van der Waals surface area contributed by atoms with E-state index in [9.17, 15) is 14.7 Å².